The SMILES string of the molecule is Cc1nc(C(=O)N2CCCC[C@H]2Cc2nnc(-c3cc(F)ccc3F)o2)c(-c2ccc(F)cc2)s1. The molecule has 6 nitrogen and oxygen atoms in total. The summed E-state index contributed by atoms with van der Waals surface area (Å²) in [7, 11) is 0. The van der Waals surface area contributed by atoms with Gasteiger partial charge in [0.05, 0.1) is 15.4 Å². The van der Waals surface area contributed by atoms with Gasteiger partial charge in [0.25, 0.3) is 11.8 Å². The van der Waals surface area contributed by atoms with E-state index in [2.05, 4.69) is 15.2 Å². The van der Waals surface area contributed by atoms with Gasteiger partial charge in [0, 0.05) is 19.0 Å². The Balaban J connectivity index is 1.40. The van der Waals surface area contributed by atoms with Gasteiger partial charge < -0.3 is 9.32 Å². The van der Waals surface area contributed by atoms with Crippen LogP contribution in [0.3, 0.4) is 0 Å². The summed E-state index contributed by atoms with van der Waals surface area (Å²) in [4.78, 5) is 20.6. The number of halogens is 3. The molecule has 1 fully saturated rings. The van der Waals surface area contributed by atoms with Gasteiger partial charge in [0.15, 0.2) is 0 Å². The molecule has 0 N–H and O–H groups in total. The molecule has 35 heavy (non-hydrogen) atoms. The number of benzene rings is 2. The van der Waals surface area contributed by atoms with Crippen molar-refractivity contribution in [3.8, 4) is 21.9 Å². The Bertz CT molecular complexity index is 1370. The van der Waals surface area contributed by atoms with E-state index in [9.17, 15) is 18.0 Å². The smallest absolute Gasteiger partial charge is 0.274 e. The molecule has 0 radical (unpaired) electrons. The number of thiazole rings is 1. The maximum atomic E-state index is 14.1. The van der Waals surface area contributed by atoms with Gasteiger partial charge in [-0.1, -0.05) is 12.1 Å². The number of nitrogens with zero attached hydrogens (tertiary/aromatic N) is 4. The highest BCUT2D eigenvalue weighted by atomic mass is 32.1. The molecule has 2 aromatic heterocycles. The number of amides is 1. The minimum atomic E-state index is -0.664. The first-order chi connectivity index (χ1) is 16.9. The monoisotopic (exact) mass is 498 g/mol. The summed E-state index contributed by atoms with van der Waals surface area (Å²) in [5, 5.41) is 8.62. The predicted octanol–water partition coefficient (Wildman–Crippen LogP) is 5.82. The number of aromatic nitrogens is 3. The predicted molar refractivity (Wildman–Crippen MR) is 124 cm³/mol. The summed E-state index contributed by atoms with van der Waals surface area (Å²) in [5.74, 6) is -1.71. The third-order valence-electron chi connectivity index (χ3n) is 5.97. The van der Waals surface area contributed by atoms with Crippen LogP contribution in [0.4, 0.5) is 13.2 Å². The number of hydrogen-bond acceptors (Lipinski definition) is 6. The lowest BCUT2D eigenvalue weighted by Gasteiger charge is -2.35. The number of piperidine rings is 1. The van der Waals surface area contributed by atoms with E-state index >= 15 is 0 Å². The number of carbonyl (C=O) groups excluding carboxylic acids is 1. The van der Waals surface area contributed by atoms with Crippen LogP contribution < -0.4 is 0 Å². The number of aryl methyl sites for hydroxylation is 1. The molecule has 180 valence electrons. The fourth-order valence-corrected chi connectivity index (χ4v) is 5.21. The highest BCUT2D eigenvalue weighted by molar-refractivity contribution is 7.15. The zero-order valence-corrected chi connectivity index (χ0v) is 19.6. The van der Waals surface area contributed by atoms with E-state index in [1.165, 1.54) is 23.5 Å². The molecule has 10 heteroatoms. The molecule has 1 saturated heterocycles. The van der Waals surface area contributed by atoms with Crippen LogP contribution in [0.5, 0.6) is 0 Å². The van der Waals surface area contributed by atoms with Crippen molar-refractivity contribution in [2.75, 3.05) is 6.54 Å². The number of hydrogen-bond donors (Lipinski definition) is 0. The van der Waals surface area contributed by atoms with E-state index < -0.39 is 11.6 Å². The van der Waals surface area contributed by atoms with Crippen LogP contribution in [0.25, 0.3) is 21.9 Å². The molecule has 0 bridgehead atoms. The Morgan fingerprint density at radius 1 is 1.09 bits per heavy atom. The zero-order chi connectivity index (χ0) is 24.5. The number of likely N-dealkylation sites (tertiary alicyclic amines) is 1. The van der Waals surface area contributed by atoms with Crippen LogP contribution >= 0.6 is 11.3 Å². The van der Waals surface area contributed by atoms with Gasteiger partial charge in [-0.25, -0.2) is 18.2 Å². The lowest BCUT2D eigenvalue weighted by Crippen LogP contribution is -2.45. The summed E-state index contributed by atoms with van der Waals surface area (Å²) >= 11 is 1.39. The third-order valence-corrected chi connectivity index (χ3v) is 6.99. The Morgan fingerprint density at radius 3 is 2.66 bits per heavy atom. The number of carbonyl (C=O) groups is 1. The van der Waals surface area contributed by atoms with Crippen molar-refractivity contribution >= 4 is 17.2 Å². The van der Waals surface area contributed by atoms with Crippen LogP contribution in [-0.2, 0) is 6.42 Å². The Labute approximate surface area is 203 Å². The third kappa shape index (κ3) is 4.84. The molecule has 4 aromatic rings. The Morgan fingerprint density at radius 2 is 1.86 bits per heavy atom. The minimum absolute atomic E-state index is 0.109. The van der Waals surface area contributed by atoms with Gasteiger partial charge >= 0.3 is 0 Å². The second-order valence-electron chi connectivity index (χ2n) is 8.39. The van der Waals surface area contributed by atoms with Crippen LogP contribution in [0, 0.1) is 24.4 Å². The molecule has 1 atom stereocenters. The molecule has 2 aromatic carbocycles. The van der Waals surface area contributed by atoms with E-state index in [1.807, 2.05) is 6.92 Å². The maximum absolute atomic E-state index is 14.1. The maximum Gasteiger partial charge on any atom is 0.274 e. The average molecular weight is 499 g/mol. The van der Waals surface area contributed by atoms with E-state index in [0.717, 1.165) is 48.0 Å². The molecule has 0 aliphatic carbocycles. The molecule has 0 saturated carbocycles. The Hall–Kier alpha value is -3.53. The topological polar surface area (TPSA) is 72.1 Å². The van der Waals surface area contributed by atoms with E-state index in [-0.39, 0.29) is 41.5 Å². The summed E-state index contributed by atoms with van der Waals surface area (Å²) in [6.45, 7) is 2.37. The van der Waals surface area contributed by atoms with Gasteiger partial charge in [0.1, 0.15) is 23.1 Å². The van der Waals surface area contributed by atoms with Crippen LogP contribution in [0.2, 0.25) is 0 Å². The normalized spacial score (nSPS) is 16.0. The van der Waals surface area contributed by atoms with Crippen molar-refractivity contribution in [3.05, 3.63) is 76.5 Å². The first kappa shape index (κ1) is 23.2. The average Bonchev–Trinajstić information content (AvgIpc) is 3.47. The van der Waals surface area contributed by atoms with Crippen molar-refractivity contribution in [1.82, 2.24) is 20.1 Å². The fraction of sp³-hybridized carbons (Fsp3) is 0.280. The quantitative estimate of drug-likeness (QED) is 0.347. The molecule has 5 rings (SSSR count). The minimum Gasteiger partial charge on any atom is -0.421 e. The highest BCUT2D eigenvalue weighted by Crippen LogP contribution is 2.33. The van der Waals surface area contributed by atoms with Crippen molar-refractivity contribution in [2.45, 2.75) is 38.6 Å². The van der Waals surface area contributed by atoms with Crippen molar-refractivity contribution in [3.63, 3.8) is 0 Å². The molecule has 3 heterocycles. The highest BCUT2D eigenvalue weighted by Gasteiger charge is 2.32. The fourth-order valence-electron chi connectivity index (χ4n) is 4.29. The van der Waals surface area contributed by atoms with Crippen LogP contribution in [0.1, 0.15) is 40.6 Å². The molecule has 1 aliphatic rings. The molecular weight excluding hydrogens is 477 g/mol. The van der Waals surface area contributed by atoms with Crippen LogP contribution in [0.15, 0.2) is 46.9 Å². The van der Waals surface area contributed by atoms with Gasteiger partial charge in [-0.05, 0) is 62.1 Å². The first-order valence-corrected chi connectivity index (χ1v) is 12.0. The molecule has 0 unspecified atom stereocenters. The van der Waals surface area contributed by atoms with Crippen LogP contribution in [-0.4, -0.2) is 38.6 Å². The summed E-state index contributed by atoms with van der Waals surface area (Å²) in [6, 6.07) is 8.80. The van der Waals surface area contributed by atoms with Gasteiger partial charge in [-0.3, -0.25) is 4.79 Å². The lowest BCUT2D eigenvalue weighted by atomic mass is 9.98. The first-order valence-electron chi connectivity index (χ1n) is 11.2. The number of rotatable bonds is 5. The Kier molecular flexibility index (Phi) is 6.38. The van der Waals surface area contributed by atoms with Gasteiger partial charge in [-0.15, -0.1) is 21.5 Å². The van der Waals surface area contributed by atoms with E-state index in [0.29, 0.717) is 17.1 Å². The lowest BCUT2D eigenvalue weighted by molar-refractivity contribution is 0.0601. The molecule has 0 spiro atoms. The standard InChI is InChI=1S/C25H21F3N4O2S/c1-14-29-22(23(35-14)15-5-7-16(26)8-6-15)25(33)32-11-3-2-4-18(32)13-21-30-31-24(34-21)19-12-17(27)9-10-20(19)28/h5-10,12,18H,2-4,11,13H2,1H3/t18-/m0/s1. The van der Waals surface area contributed by atoms with E-state index in [4.69, 9.17) is 4.42 Å². The summed E-state index contributed by atoms with van der Waals surface area (Å²) in [5.41, 5.74) is 0.953. The molecule has 1 amide bonds. The van der Waals surface area contributed by atoms with Gasteiger partial charge in [0.2, 0.25) is 5.89 Å². The summed E-state index contributed by atoms with van der Waals surface area (Å²) < 4.78 is 46.7. The van der Waals surface area contributed by atoms with Crippen molar-refractivity contribution in [1.29, 1.82) is 0 Å². The molecule has 1 aliphatic heterocycles. The second kappa shape index (κ2) is 9.61. The van der Waals surface area contributed by atoms with E-state index in [1.54, 1.807) is 17.0 Å². The largest absolute Gasteiger partial charge is 0.421 e. The van der Waals surface area contributed by atoms with Gasteiger partial charge in [-0.2, -0.15) is 0 Å². The van der Waals surface area contributed by atoms with Crippen molar-refractivity contribution < 1.29 is 22.4 Å². The second-order valence-corrected chi connectivity index (χ2v) is 9.60. The molecular formula is C25H21F3N4O2S. The van der Waals surface area contributed by atoms with Crippen molar-refractivity contribution in [2.24, 2.45) is 0 Å². The summed E-state index contributed by atoms with van der Waals surface area (Å²) in [6.07, 6.45) is 2.78. The zero-order valence-electron chi connectivity index (χ0n) is 18.8.